The quantitative estimate of drug-likeness (QED) is 0.531. The van der Waals surface area contributed by atoms with Gasteiger partial charge in [-0.1, -0.05) is 0 Å². The molecule has 0 aliphatic carbocycles. The average Bonchev–Trinajstić information content (AvgIpc) is 2.43. The van der Waals surface area contributed by atoms with E-state index < -0.39 is 4.92 Å². The number of aromatic nitrogens is 2. The van der Waals surface area contributed by atoms with Crippen LogP contribution >= 0.6 is 0 Å². The highest BCUT2D eigenvalue weighted by atomic mass is 16.6. The van der Waals surface area contributed by atoms with Crippen LogP contribution in [0, 0.1) is 10.1 Å². The lowest BCUT2D eigenvalue weighted by Gasteiger charge is -2.00. The van der Waals surface area contributed by atoms with Gasteiger partial charge in [0, 0.05) is 20.0 Å². The van der Waals surface area contributed by atoms with Gasteiger partial charge in [0.1, 0.15) is 5.69 Å². The number of hydrogen-bond acceptors (Lipinski definition) is 4. The monoisotopic (exact) mass is 184 g/mol. The number of nitrogens with zero attached hydrogens (tertiary/aromatic N) is 3. The van der Waals surface area contributed by atoms with Crippen molar-refractivity contribution in [3.63, 3.8) is 0 Å². The largest absolute Gasteiger partial charge is 0.384 e. The van der Waals surface area contributed by atoms with E-state index in [0.717, 1.165) is 0 Å². The summed E-state index contributed by atoms with van der Waals surface area (Å²) in [5.74, 6) is -0.0437. The number of imidazole rings is 1. The van der Waals surface area contributed by atoms with Crippen molar-refractivity contribution in [2.75, 3.05) is 13.6 Å². The highest BCUT2D eigenvalue weighted by Gasteiger charge is 2.18. The first-order chi connectivity index (χ1) is 6.16. The Morgan fingerprint density at radius 2 is 2.46 bits per heavy atom. The lowest BCUT2D eigenvalue weighted by atomic mass is 10.3. The van der Waals surface area contributed by atoms with E-state index in [1.165, 1.54) is 6.33 Å². The van der Waals surface area contributed by atoms with Gasteiger partial charge in [-0.3, -0.25) is 0 Å². The van der Waals surface area contributed by atoms with Crippen LogP contribution in [-0.4, -0.2) is 28.1 Å². The second-order valence-electron chi connectivity index (χ2n) is 2.74. The summed E-state index contributed by atoms with van der Waals surface area (Å²) in [5, 5.41) is 13.4. The molecule has 0 amide bonds. The standard InChI is InChI=1S/C7H12N4O2/c1-8-4-3-6-7(11(12)13)9-5-10(6)2/h5,8H,3-4H2,1-2H3. The molecule has 0 bridgehead atoms. The van der Waals surface area contributed by atoms with Crippen molar-refractivity contribution in [2.45, 2.75) is 6.42 Å². The van der Waals surface area contributed by atoms with Gasteiger partial charge in [-0.2, -0.15) is 0 Å². The van der Waals surface area contributed by atoms with Crippen LogP contribution in [0.4, 0.5) is 5.82 Å². The first-order valence-electron chi connectivity index (χ1n) is 3.96. The maximum absolute atomic E-state index is 10.5. The van der Waals surface area contributed by atoms with Gasteiger partial charge in [-0.25, -0.2) is 0 Å². The number of nitro groups is 1. The SMILES string of the molecule is CNCCc1c([N+](=O)[O-])ncn1C. The van der Waals surface area contributed by atoms with E-state index in [1.807, 2.05) is 7.05 Å². The van der Waals surface area contributed by atoms with Gasteiger partial charge < -0.3 is 20.0 Å². The molecule has 1 aromatic rings. The van der Waals surface area contributed by atoms with Crippen LogP contribution in [0.3, 0.4) is 0 Å². The number of hydrogen-bond donors (Lipinski definition) is 1. The third-order valence-corrected chi connectivity index (χ3v) is 1.82. The summed E-state index contributed by atoms with van der Waals surface area (Å²) in [6.07, 6.45) is 2.08. The van der Waals surface area contributed by atoms with E-state index in [4.69, 9.17) is 0 Å². The Morgan fingerprint density at radius 1 is 1.77 bits per heavy atom. The lowest BCUT2D eigenvalue weighted by molar-refractivity contribution is -0.390. The van der Waals surface area contributed by atoms with E-state index in [0.29, 0.717) is 18.7 Å². The average molecular weight is 184 g/mol. The molecule has 0 aliphatic rings. The summed E-state index contributed by atoms with van der Waals surface area (Å²) in [6, 6.07) is 0. The van der Waals surface area contributed by atoms with Gasteiger partial charge >= 0.3 is 5.82 Å². The Bertz CT molecular complexity index is 307. The Kier molecular flexibility index (Phi) is 2.97. The molecule has 0 fully saturated rings. The molecule has 72 valence electrons. The van der Waals surface area contributed by atoms with Crippen molar-refractivity contribution in [3.05, 3.63) is 22.1 Å². The minimum Gasteiger partial charge on any atom is -0.358 e. The molecule has 0 atom stereocenters. The van der Waals surface area contributed by atoms with Crippen molar-refractivity contribution in [1.29, 1.82) is 0 Å². The molecule has 13 heavy (non-hydrogen) atoms. The Balaban J connectivity index is 2.88. The molecule has 1 aromatic heterocycles. The number of likely N-dealkylation sites (N-methyl/N-ethyl adjacent to an activating group) is 1. The van der Waals surface area contributed by atoms with Gasteiger partial charge in [0.2, 0.25) is 6.33 Å². The van der Waals surface area contributed by atoms with Gasteiger partial charge in [0.15, 0.2) is 0 Å². The second kappa shape index (κ2) is 3.99. The summed E-state index contributed by atoms with van der Waals surface area (Å²) in [4.78, 5) is 13.8. The molecule has 0 saturated heterocycles. The molecule has 1 heterocycles. The van der Waals surface area contributed by atoms with Crippen LogP contribution in [0.2, 0.25) is 0 Å². The van der Waals surface area contributed by atoms with E-state index in [1.54, 1.807) is 11.6 Å². The molecule has 0 spiro atoms. The predicted octanol–water partition coefficient (Wildman–Crippen LogP) is 0.0902. The first kappa shape index (κ1) is 9.66. The molecule has 6 nitrogen and oxygen atoms in total. The molecule has 1 rings (SSSR count). The summed E-state index contributed by atoms with van der Waals surface area (Å²) in [7, 11) is 3.56. The molecule has 0 unspecified atom stereocenters. The van der Waals surface area contributed by atoms with Crippen LogP contribution < -0.4 is 5.32 Å². The maximum atomic E-state index is 10.5. The van der Waals surface area contributed by atoms with Gasteiger partial charge in [0.25, 0.3) is 0 Å². The maximum Gasteiger partial charge on any atom is 0.384 e. The smallest absolute Gasteiger partial charge is 0.358 e. The van der Waals surface area contributed by atoms with Crippen LogP contribution in [0.15, 0.2) is 6.33 Å². The Labute approximate surface area is 75.7 Å². The van der Waals surface area contributed by atoms with Crippen LogP contribution in [0.1, 0.15) is 5.69 Å². The Hall–Kier alpha value is -1.43. The summed E-state index contributed by atoms with van der Waals surface area (Å²) >= 11 is 0. The van der Waals surface area contributed by atoms with Gasteiger partial charge in [-0.15, -0.1) is 0 Å². The van der Waals surface area contributed by atoms with Gasteiger partial charge in [-0.05, 0) is 17.0 Å². The first-order valence-corrected chi connectivity index (χ1v) is 3.96. The predicted molar refractivity (Wildman–Crippen MR) is 47.5 cm³/mol. The fourth-order valence-electron chi connectivity index (χ4n) is 1.13. The van der Waals surface area contributed by atoms with Crippen molar-refractivity contribution < 1.29 is 4.92 Å². The number of rotatable bonds is 4. The normalized spacial score (nSPS) is 10.3. The second-order valence-corrected chi connectivity index (χ2v) is 2.74. The van der Waals surface area contributed by atoms with E-state index in [2.05, 4.69) is 10.3 Å². The van der Waals surface area contributed by atoms with E-state index >= 15 is 0 Å². The fourth-order valence-corrected chi connectivity index (χ4v) is 1.13. The van der Waals surface area contributed by atoms with Crippen molar-refractivity contribution in [1.82, 2.24) is 14.9 Å². The highest BCUT2D eigenvalue weighted by Crippen LogP contribution is 2.14. The Morgan fingerprint density at radius 3 is 3.00 bits per heavy atom. The van der Waals surface area contributed by atoms with Crippen LogP contribution in [0.25, 0.3) is 0 Å². The van der Waals surface area contributed by atoms with Crippen molar-refractivity contribution in [2.24, 2.45) is 7.05 Å². The molecule has 0 aromatic carbocycles. The number of aryl methyl sites for hydroxylation is 1. The molecule has 6 heteroatoms. The molecular weight excluding hydrogens is 172 g/mol. The minimum absolute atomic E-state index is 0.0437. The zero-order valence-corrected chi connectivity index (χ0v) is 7.65. The summed E-state index contributed by atoms with van der Waals surface area (Å²) in [5.41, 5.74) is 0.652. The van der Waals surface area contributed by atoms with E-state index in [-0.39, 0.29) is 5.82 Å². The summed E-state index contributed by atoms with van der Waals surface area (Å²) < 4.78 is 1.68. The zero-order chi connectivity index (χ0) is 9.84. The minimum atomic E-state index is -0.453. The third kappa shape index (κ3) is 2.03. The third-order valence-electron chi connectivity index (χ3n) is 1.82. The van der Waals surface area contributed by atoms with E-state index in [9.17, 15) is 10.1 Å². The molecule has 0 radical (unpaired) electrons. The highest BCUT2D eigenvalue weighted by molar-refractivity contribution is 5.27. The molecule has 1 N–H and O–H groups in total. The molecule has 0 saturated carbocycles. The van der Waals surface area contributed by atoms with Crippen molar-refractivity contribution >= 4 is 5.82 Å². The number of nitrogens with one attached hydrogen (secondary N) is 1. The van der Waals surface area contributed by atoms with Crippen molar-refractivity contribution in [3.8, 4) is 0 Å². The van der Waals surface area contributed by atoms with Gasteiger partial charge in [0.05, 0.1) is 0 Å². The van der Waals surface area contributed by atoms with Crippen LogP contribution in [0.5, 0.6) is 0 Å². The molecular formula is C7H12N4O2. The topological polar surface area (TPSA) is 73.0 Å². The lowest BCUT2D eigenvalue weighted by Crippen LogP contribution is -2.13. The van der Waals surface area contributed by atoms with Crippen LogP contribution in [-0.2, 0) is 13.5 Å². The molecule has 0 aliphatic heterocycles. The zero-order valence-electron chi connectivity index (χ0n) is 7.65. The summed E-state index contributed by atoms with van der Waals surface area (Å²) in [6.45, 7) is 0.709. The fraction of sp³-hybridized carbons (Fsp3) is 0.571.